The first-order chi connectivity index (χ1) is 10.9. The van der Waals surface area contributed by atoms with Gasteiger partial charge in [-0.25, -0.2) is 4.98 Å². The van der Waals surface area contributed by atoms with Crippen molar-refractivity contribution < 1.29 is 0 Å². The molecule has 1 aliphatic heterocycles. The zero-order valence-electron chi connectivity index (χ0n) is 12.2. The molecule has 0 N–H and O–H groups in total. The third kappa shape index (κ3) is 2.45. The number of hydrogen-bond donors (Lipinski definition) is 0. The van der Waals surface area contributed by atoms with E-state index < -0.39 is 0 Å². The third-order valence-corrected chi connectivity index (χ3v) is 3.91. The minimum Gasteiger partial charge on any atom is -0.348 e. The van der Waals surface area contributed by atoms with E-state index in [1.165, 1.54) is 0 Å². The molecule has 0 fully saturated rings. The second-order valence-electron chi connectivity index (χ2n) is 5.38. The number of anilines is 1. The van der Waals surface area contributed by atoms with Crippen molar-refractivity contribution in [3.63, 3.8) is 0 Å². The Labute approximate surface area is 128 Å². The molecule has 7 nitrogen and oxygen atoms in total. The lowest BCUT2D eigenvalue weighted by Gasteiger charge is -2.19. The number of fused-ring (bicyclic) bond motifs is 1. The summed E-state index contributed by atoms with van der Waals surface area (Å²) in [4.78, 5) is 10.7. The molecule has 0 atom stereocenters. The number of nitrogens with zero attached hydrogens (tertiary/aromatic N) is 7. The molecular formula is C15H17N7. The van der Waals surface area contributed by atoms with Crippen molar-refractivity contribution in [1.82, 2.24) is 29.3 Å². The van der Waals surface area contributed by atoms with Crippen LogP contribution in [0.4, 0.5) is 5.82 Å². The fourth-order valence-electron chi connectivity index (χ4n) is 2.82. The van der Waals surface area contributed by atoms with Crippen LogP contribution in [0.1, 0.15) is 18.1 Å². The molecule has 4 rings (SSSR count). The summed E-state index contributed by atoms with van der Waals surface area (Å²) < 4.78 is 4.35. The van der Waals surface area contributed by atoms with Crippen molar-refractivity contribution in [1.29, 1.82) is 0 Å². The van der Waals surface area contributed by atoms with E-state index in [1.807, 2.05) is 24.5 Å². The molecule has 0 aliphatic carbocycles. The van der Waals surface area contributed by atoms with Gasteiger partial charge in [-0.3, -0.25) is 4.98 Å². The topological polar surface area (TPSA) is 64.7 Å². The highest BCUT2D eigenvalue weighted by Crippen LogP contribution is 2.18. The average Bonchev–Trinajstić information content (AvgIpc) is 3.14. The first-order valence-electron chi connectivity index (χ1n) is 7.43. The van der Waals surface area contributed by atoms with Gasteiger partial charge >= 0.3 is 0 Å². The van der Waals surface area contributed by atoms with Gasteiger partial charge < -0.3 is 14.0 Å². The van der Waals surface area contributed by atoms with Gasteiger partial charge in [0.05, 0.1) is 19.3 Å². The van der Waals surface area contributed by atoms with E-state index in [9.17, 15) is 0 Å². The Balaban J connectivity index is 1.59. The lowest BCUT2D eigenvalue weighted by atomic mass is 10.4. The van der Waals surface area contributed by atoms with E-state index in [4.69, 9.17) is 0 Å². The summed E-state index contributed by atoms with van der Waals surface area (Å²) >= 11 is 0. The van der Waals surface area contributed by atoms with Gasteiger partial charge in [0.25, 0.3) is 0 Å². The SMILES string of the molecule is c1ccn(Cc2nnc3n2CCCN(c2cnccn2)C3)c1. The maximum atomic E-state index is 4.39. The second-order valence-corrected chi connectivity index (χ2v) is 5.38. The molecule has 1 aliphatic rings. The molecule has 3 aromatic rings. The Bertz CT molecular complexity index is 733. The summed E-state index contributed by atoms with van der Waals surface area (Å²) in [5, 5.41) is 8.75. The Morgan fingerprint density at radius 2 is 1.95 bits per heavy atom. The van der Waals surface area contributed by atoms with Gasteiger partial charge in [-0.1, -0.05) is 0 Å². The Morgan fingerprint density at radius 1 is 1.05 bits per heavy atom. The van der Waals surface area contributed by atoms with E-state index >= 15 is 0 Å². The number of rotatable bonds is 3. The summed E-state index contributed by atoms with van der Waals surface area (Å²) in [5.41, 5.74) is 0. The Morgan fingerprint density at radius 3 is 2.77 bits per heavy atom. The van der Waals surface area contributed by atoms with Crippen LogP contribution in [0.25, 0.3) is 0 Å². The molecule has 3 aromatic heterocycles. The highest BCUT2D eigenvalue weighted by atomic mass is 15.3. The molecule has 0 spiro atoms. The molecule has 0 saturated heterocycles. The van der Waals surface area contributed by atoms with Gasteiger partial charge in [-0.05, 0) is 18.6 Å². The van der Waals surface area contributed by atoms with E-state index in [2.05, 4.69) is 34.2 Å². The first kappa shape index (κ1) is 13.0. The van der Waals surface area contributed by atoms with Crippen LogP contribution < -0.4 is 4.90 Å². The molecule has 0 saturated carbocycles. The Kier molecular flexibility index (Phi) is 3.30. The molecular weight excluding hydrogens is 278 g/mol. The van der Waals surface area contributed by atoms with E-state index in [0.717, 1.165) is 50.1 Å². The quantitative estimate of drug-likeness (QED) is 0.729. The zero-order valence-corrected chi connectivity index (χ0v) is 12.2. The van der Waals surface area contributed by atoms with Crippen LogP contribution in [-0.2, 0) is 19.6 Å². The van der Waals surface area contributed by atoms with Crippen LogP contribution >= 0.6 is 0 Å². The predicted octanol–water partition coefficient (Wildman–Crippen LogP) is 1.33. The van der Waals surface area contributed by atoms with Gasteiger partial charge in [-0.15, -0.1) is 10.2 Å². The molecule has 0 bridgehead atoms. The maximum absolute atomic E-state index is 4.39. The third-order valence-electron chi connectivity index (χ3n) is 3.91. The molecule has 7 heteroatoms. The Hall–Kier alpha value is -2.70. The number of hydrogen-bond acceptors (Lipinski definition) is 5. The monoisotopic (exact) mass is 295 g/mol. The summed E-state index contributed by atoms with van der Waals surface area (Å²) in [7, 11) is 0. The van der Waals surface area contributed by atoms with Crippen LogP contribution in [0.3, 0.4) is 0 Å². The lowest BCUT2D eigenvalue weighted by molar-refractivity contribution is 0.604. The molecule has 112 valence electrons. The van der Waals surface area contributed by atoms with Gasteiger partial charge in [0.2, 0.25) is 0 Å². The molecule has 4 heterocycles. The van der Waals surface area contributed by atoms with Crippen molar-refractivity contribution in [2.45, 2.75) is 26.1 Å². The van der Waals surface area contributed by atoms with Crippen molar-refractivity contribution in [3.8, 4) is 0 Å². The highest BCUT2D eigenvalue weighted by molar-refractivity contribution is 5.35. The maximum Gasteiger partial charge on any atom is 0.153 e. The smallest absolute Gasteiger partial charge is 0.153 e. The highest BCUT2D eigenvalue weighted by Gasteiger charge is 2.20. The van der Waals surface area contributed by atoms with E-state index in [0.29, 0.717) is 0 Å². The normalized spacial score (nSPS) is 14.6. The van der Waals surface area contributed by atoms with Gasteiger partial charge in [0, 0.05) is 37.9 Å². The molecule has 0 aromatic carbocycles. The lowest BCUT2D eigenvalue weighted by Crippen LogP contribution is -2.24. The second kappa shape index (κ2) is 5.59. The van der Waals surface area contributed by atoms with Gasteiger partial charge in [0.15, 0.2) is 11.6 Å². The van der Waals surface area contributed by atoms with Crippen LogP contribution in [-0.4, -0.2) is 35.8 Å². The molecule has 0 unspecified atom stereocenters. The van der Waals surface area contributed by atoms with Crippen molar-refractivity contribution in [2.75, 3.05) is 11.4 Å². The van der Waals surface area contributed by atoms with E-state index in [-0.39, 0.29) is 0 Å². The predicted molar refractivity (Wildman–Crippen MR) is 81.3 cm³/mol. The molecule has 0 radical (unpaired) electrons. The van der Waals surface area contributed by atoms with Crippen molar-refractivity contribution >= 4 is 5.82 Å². The van der Waals surface area contributed by atoms with Crippen molar-refractivity contribution in [2.24, 2.45) is 0 Å². The van der Waals surface area contributed by atoms with Crippen LogP contribution in [0.5, 0.6) is 0 Å². The summed E-state index contributed by atoms with van der Waals surface area (Å²) in [6, 6.07) is 4.05. The minimum atomic E-state index is 0.720. The standard InChI is InChI=1S/C15H17N7/c1-2-7-20(6-1)11-14-18-19-15-12-21(8-3-9-22(14)15)13-10-16-4-5-17-13/h1-2,4-7,10H,3,8-9,11-12H2. The number of aromatic nitrogens is 6. The first-order valence-corrected chi connectivity index (χ1v) is 7.43. The summed E-state index contributed by atoms with van der Waals surface area (Å²) in [5.74, 6) is 2.89. The minimum absolute atomic E-state index is 0.720. The fraction of sp³-hybridized carbons (Fsp3) is 0.333. The summed E-state index contributed by atoms with van der Waals surface area (Å²) in [6.45, 7) is 3.36. The zero-order chi connectivity index (χ0) is 14.8. The van der Waals surface area contributed by atoms with Gasteiger partial charge in [0.1, 0.15) is 5.82 Å². The van der Waals surface area contributed by atoms with Crippen LogP contribution in [0.15, 0.2) is 43.1 Å². The molecule has 22 heavy (non-hydrogen) atoms. The van der Waals surface area contributed by atoms with Crippen LogP contribution in [0, 0.1) is 0 Å². The summed E-state index contributed by atoms with van der Waals surface area (Å²) in [6.07, 6.45) is 10.4. The largest absolute Gasteiger partial charge is 0.348 e. The van der Waals surface area contributed by atoms with Gasteiger partial charge in [-0.2, -0.15) is 0 Å². The molecule has 0 amide bonds. The fourth-order valence-corrected chi connectivity index (χ4v) is 2.82. The van der Waals surface area contributed by atoms with Crippen LogP contribution in [0.2, 0.25) is 0 Å². The average molecular weight is 295 g/mol. The van der Waals surface area contributed by atoms with E-state index in [1.54, 1.807) is 18.6 Å². The van der Waals surface area contributed by atoms with Crippen molar-refractivity contribution in [3.05, 3.63) is 54.8 Å².